The van der Waals surface area contributed by atoms with Crippen LogP contribution in [0.2, 0.25) is 0 Å². The molecule has 41 heavy (non-hydrogen) atoms. The molecule has 3 N–H and O–H groups in total. The number of benzene rings is 3. The molecule has 1 aliphatic rings. The van der Waals surface area contributed by atoms with Crippen molar-refractivity contribution in [1.29, 1.82) is 0 Å². The number of piperidine rings is 1. The topological polar surface area (TPSA) is 123 Å². The molecule has 0 radical (unpaired) electrons. The number of nitro groups is 1. The molecular formula is C32H32N6O3. The number of aromatic amines is 2. The van der Waals surface area contributed by atoms with Crippen LogP contribution in [0, 0.1) is 17.0 Å². The summed E-state index contributed by atoms with van der Waals surface area (Å²) in [6.45, 7) is 5.28. The van der Waals surface area contributed by atoms with Gasteiger partial charge in [0.25, 0.3) is 5.69 Å². The minimum atomic E-state index is -0.433. The zero-order valence-corrected chi connectivity index (χ0v) is 22.9. The molecule has 0 bridgehead atoms. The summed E-state index contributed by atoms with van der Waals surface area (Å²) >= 11 is 0. The summed E-state index contributed by atoms with van der Waals surface area (Å²) in [5.74, 6) is 0.755. The number of fused-ring (bicyclic) bond motifs is 1. The van der Waals surface area contributed by atoms with Gasteiger partial charge in [-0.3, -0.25) is 10.1 Å². The predicted molar refractivity (Wildman–Crippen MR) is 161 cm³/mol. The van der Waals surface area contributed by atoms with Gasteiger partial charge in [0.1, 0.15) is 5.82 Å². The van der Waals surface area contributed by atoms with Crippen molar-refractivity contribution in [3.8, 4) is 17.1 Å². The maximum Gasteiger partial charge on any atom is 0.270 e. The number of nitrogens with zero attached hydrogens (tertiary/aromatic N) is 4. The Balaban J connectivity index is 1.38. The number of imidazole rings is 1. The number of likely N-dealkylation sites (tertiary alicyclic amines) is 1. The summed E-state index contributed by atoms with van der Waals surface area (Å²) in [6, 6.07) is 20.5. The molecule has 3 heterocycles. The van der Waals surface area contributed by atoms with E-state index in [0.29, 0.717) is 27.9 Å². The molecule has 0 unspecified atom stereocenters. The van der Waals surface area contributed by atoms with Crippen molar-refractivity contribution in [2.45, 2.75) is 32.6 Å². The highest BCUT2D eigenvalue weighted by molar-refractivity contribution is 6.22. The van der Waals surface area contributed by atoms with Gasteiger partial charge in [0.15, 0.2) is 5.88 Å². The summed E-state index contributed by atoms with van der Waals surface area (Å²) in [5.41, 5.74) is 6.13. The van der Waals surface area contributed by atoms with Crippen LogP contribution in [0.3, 0.4) is 0 Å². The summed E-state index contributed by atoms with van der Waals surface area (Å²) in [7, 11) is 0. The van der Waals surface area contributed by atoms with E-state index < -0.39 is 4.92 Å². The van der Waals surface area contributed by atoms with E-state index in [4.69, 9.17) is 4.99 Å². The van der Waals surface area contributed by atoms with Crippen molar-refractivity contribution < 1.29 is 10.0 Å². The number of hydrogen-bond donors (Lipinski definition) is 3. The zero-order chi connectivity index (χ0) is 28.3. The smallest absolute Gasteiger partial charge is 0.270 e. The second-order valence-corrected chi connectivity index (χ2v) is 10.6. The Labute approximate surface area is 237 Å². The molecule has 3 aromatic carbocycles. The van der Waals surface area contributed by atoms with Gasteiger partial charge in [0.05, 0.1) is 33.8 Å². The minimum absolute atomic E-state index is 0.0515. The molecule has 5 aromatic rings. The molecule has 0 spiro atoms. The molecule has 1 aliphatic heterocycles. The fourth-order valence-corrected chi connectivity index (χ4v) is 5.50. The SMILES string of the molecule is Cc1ncc(-c2ccc(N=C(c3ccc(CCN4CCCCC4)cc3)c3c(O)[nH]c4ccc([N+](=O)[O-])cc34)cc2)[nH]1. The normalized spacial score (nSPS) is 14.5. The highest BCUT2D eigenvalue weighted by Crippen LogP contribution is 2.34. The second-order valence-electron chi connectivity index (χ2n) is 10.6. The number of rotatable bonds is 8. The van der Waals surface area contributed by atoms with Crippen LogP contribution >= 0.6 is 0 Å². The molecule has 1 saturated heterocycles. The van der Waals surface area contributed by atoms with Crippen molar-refractivity contribution in [3.05, 3.63) is 106 Å². The molecule has 9 nitrogen and oxygen atoms in total. The summed E-state index contributed by atoms with van der Waals surface area (Å²) in [5, 5.41) is 23.1. The van der Waals surface area contributed by atoms with Crippen LogP contribution in [-0.2, 0) is 6.42 Å². The summed E-state index contributed by atoms with van der Waals surface area (Å²) in [4.78, 5) is 29.1. The fourth-order valence-electron chi connectivity index (χ4n) is 5.50. The molecule has 0 atom stereocenters. The molecule has 9 heteroatoms. The van der Waals surface area contributed by atoms with Gasteiger partial charge in [0, 0.05) is 35.1 Å². The number of nitrogens with one attached hydrogen (secondary N) is 2. The molecule has 208 valence electrons. The van der Waals surface area contributed by atoms with Crippen molar-refractivity contribution in [3.63, 3.8) is 0 Å². The second kappa shape index (κ2) is 11.4. The van der Waals surface area contributed by atoms with Crippen molar-refractivity contribution in [1.82, 2.24) is 19.9 Å². The van der Waals surface area contributed by atoms with Gasteiger partial charge < -0.3 is 20.0 Å². The van der Waals surface area contributed by atoms with Gasteiger partial charge in [-0.15, -0.1) is 0 Å². The Kier molecular flexibility index (Phi) is 7.35. The lowest BCUT2D eigenvalue weighted by Gasteiger charge is -2.26. The average Bonchev–Trinajstić information content (AvgIpc) is 3.57. The van der Waals surface area contributed by atoms with E-state index in [1.807, 2.05) is 43.3 Å². The van der Waals surface area contributed by atoms with Gasteiger partial charge in [-0.05, 0) is 68.6 Å². The van der Waals surface area contributed by atoms with Crippen LogP contribution in [0.4, 0.5) is 11.4 Å². The van der Waals surface area contributed by atoms with Crippen molar-refractivity contribution in [2.75, 3.05) is 19.6 Å². The monoisotopic (exact) mass is 548 g/mol. The molecule has 2 aromatic heterocycles. The lowest BCUT2D eigenvalue weighted by atomic mass is 9.98. The van der Waals surface area contributed by atoms with Crippen LogP contribution in [0.5, 0.6) is 5.88 Å². The van der Waals surface area contributed by atoms with E-state index in [-0.39, 0.29) is 11.6 Å². The van der Waals surface area contributed by atoms with Gasteiger partial charge in [-0.1, -0.05) is 42.8 Å². The number of aliphatic imine (C=N–C) groups is 1. The Morgan fingerprint density at radius 3 is 2.46 bits per heavy atom. The maximum absolute atomic E-state index is 11.5. The van der Waals surface area contributed by atoms with Gasteiger partial charge in [0.2, 0.25) is 0 Å². The Morgan fingerprint density at radius 2 is 1.78 bits per heavy atom. The van der Waals surface area contributed by atoms with Crippen LogP contribution in [0.15, 0.2) is 77.9 Å². The van der Waals surface area contributed by atoms with E-state index in [9.17, 15) is 15.2 Å². The van der Waals surface area contributed by atoms with Crippen molar-refractivity contribution >= 4 is 28.0 Å². The van der Waals surface area contributed by atoms with Gasteiger partial charge in [-0.2, -0.15) is 0 Å². The van der Waals surface area contributed by atoms with Crippen LogP contribution in [0.25, 0.3) is 22.2 Å². The van der Waals surface area contributed by atoms with Crippen LogP contribution in [0.1, 0.15) is 41.8 Å². The number of aryl methyl sites for hydroxylation is 1. The third-order valence-electron chi connectivity index (χ3n) is 7.72. The van der Waals surface area contributed by atoms with Crippen LogP contribution < -0.4 is 0 Å². The highest BCUT2D eigenvalue weighted by Gasteiger charge is 2.21. The van der Waals surface area contributed by atoms with Gasteiger partial charge >= 0.3 is 0 Å². The number of aromatic hydroxyl groups is 1. The third-order valence-corrected chi connectivity index (χ3v) is 7.72. The van der Waals surface area contributed by atoms with E-state index in [2.05, 4.69) is 32.0 Å². The molecule has 0 aliphatic carbocycles. The maximum atomic E-state index is 11.5. The quantitative estimate of drug-likeness (QED) is 0.113. The average molecular weight is 549 g/mol. The zero-order valence-electron chi connectivity index (χ0n) is 22.9. The number of aromatic nitrogens is 3. The first-order chi connectivity index (χ1) is 19.9. The summed E-state index contributed by atoms with van der Waals surface area (Å²) in [6.07, 6.45) is 6.62. The lowest BCUT2D eigenvalue weighted by Crippen LogP contribution is -2.31. The van der Waals surface area contributed by atoms with E-state index in [1.165, 1.54) is 50.0 Å². The molecule has 1 fully saturated rings. The van der Waals surface area contributed by atoms with E-state index in [1.54, 1.807) is 12.3 Å². The number of H-pyrrole nitrogens is 2. The molecule has 6 rings (SSSR count). The Hall–Kier alpha value is -4.76. The lowest BCUT2D eigenvalue weighted by molar-refractivity contribution is -0.384. The van der Waals surface area contributed by atoms with Crippen LogP contribution in [-0.4, -0.2) is 55.2 Å². The standard InChI is InChI=1S/C32H32N6O3/c1-21-33-20-29(34-21)23-9-11-25(12-10-23)35-31(30-27-19-26(38(40)41)13-14-28(27)36-32(30)39)24-7-5-22(6-8-24)15-18-37-16-3-2-4-17-37/h5-14,19-20,36,39H,2-4,15-18H2,1H3,(H,33,34). The first-order valence-corrected chi connectivity index (χ1v) is 14.0. The fraction of sp³-hybridized carbons (Fsp3) is 0.250. The van der Waals surface area contributed by atoms with E-state index in [0.717, 1.165) is 35.6 Å². The predicted octanol–water partition coefficient (Wildman–Crippen LogP) is 6.68. The summed E-state index contributed by atoms with van der Waals surface area (Å²) < 4.78 is 0. The molecule has 0 saturated carbocycles. The van der Waals surface area contributed by atoms with E-state index >= 15 is 0 Å². The number of nitro benzene ring substituents is 1. The first kappa shape index (κ1) is 26.5. The highest BCUT2D eigenvalue weighted by atomic mass is 16.6. The Bertz CT molecular complexity index is 1710. The number of non-ortho nitro benzene ring substituents is 1. The molecule has 0 amide bonds. The number of hydrogen-bond acceptors (Lipinski definition) is 6. The molecular weight excluding hydrogens is 516 g/mol. The van der Waals surface area contributed by atoms with Gasteiger partial charge in [-0.25, -0.2) is 9.98 Å². The first-order valence-electron chi connectivity index (χ1n) is 14.0. The minimum Gasteiger partial charge on any atom is -0.494 e. The third kappa shape index (κ3) is 5.76. The van der Waals surface area contributed by atoms with Crippen molar-refractivity contribution in [2.24, 2.45) is 4.99 Å². The Morgan fingerprint density at radius 1 is 1.02 bits per heavy atom. The largest absolute Gasteiger partial charge is 0.494 e.